The minimum Gasteiger partial charge on any atom is -0.347 e. The first-order valence-corrected chi connectivity index (χ1v) is 8.34. The minimum absolute atomic E-state index is 0.0280. The van der Waals surface area contributed by atoms with E-state index in [4.69, 9.17) is 5.73 Å². The third-order valence-corrected chi connectivity index (χ3v) is 4.45. The third kappa shape index (κ3) is 6.16. The lowest BCUT2D eigenvalue weighted by atomic mass is 9.93. The largest absolute Gasteiger partial charge is 0.347 e. The molecule has 0 aliphatic rings. The van der Waals surface area contributed by atoms with E-state index in [0.717, 1.165) is 6.54 Å². The SMILES string of the molecule is CC(C)C(NC(=O)CN(C)CC(C)(C)CN)c1cccs1. The van der Waals surface area contributed by atoms with Crippen LogP contribution in [0.2, 0.25) is 0 Å². The number of hydrogen-bond donors (Lipinski definition) is 2. The van der Waals surface area contributed by atoms with Crippen molar-refractivity contribution in [2.75, 3.05) is 26.7 Å². The molecule has 0 aromatic carbocycles. The smallest absolute Gasteiger partial charge is 0.234 e. The lowest BCUT2D eigenvalue weighted by molar-refractivity contribution is -0.123. The Morgan fingerprint density at radius 1 is 1.48 bits per heavy atom. The Labute approximate surface area is 132 Å². The fourth-order valence-corrected chi connectivity index (χ4v) is 3.30. The molecule has 0 radical (unpaired) electrons. The molecule has 1 amide bonds. The molecule has 0 saturated carbocycles. The molecule has 1 rings (SSSR count). The molecule has 1 aromatic heterocycles. The Hall–Kier alpha value is -0.910. The molecule has 0 bridgehead atoms. The van der Waals surface area contributed by atoms with Crippen LogP contribution in [-0.2, 0) is 4.79 Å². The van der Waals surface area contributed by atoms with E-state index in [1.165, 1.54) is 4.88 Å². The van der Waals surface area contributed by atoms with Crippen molar-refractivity contribution in [1.82, 2.24) is 10.2 Å². The molecule has 3 N–H and O–H groups in total. The minimum atomic E-state index is 0.0280. The molecule has 0 aliphatic heterocycles. The van der Waals surface area contributed by atoms with Gasteiger partial charge in [-0.05, 0) is 36.4 Å². The summed E-state index contributed by atoms with van der Waals surface area (Å²) in [4.78, 5) is 15.5. The van der Waals surface area contributed by atoms with Gasteiger partial charge in [0.05, 0.1) is 12.6 Å². The molecule has 4 nitrogen and oxygen atoms in total. The molecule has 0 fully saturated rings. The molecule has 1 unspecified atom stereocenters. The third-order valence-electron chi connectivity index (χ3n) is 3.50. The zero-order valence-corrected chi connectivity index (χ0v) is 14.7. The van der Waals surface area contributed by atoms with Gasteiger partial charge in [0.2, 0.25) is 5.91 Å². The summed E-state index contributed by atoms with van der Waals surface area (Å²) in [7, 11) is 1.96. The van der Waals surface area contributed by atoms with Crippen molar-refractivity contribution in [1.29, 1.82) is 0 Å². The standard InChI is InChI=1S/C16H29N3OS/c1-12(2)15(13-7-6-8-21-13)18-14(20)9-19(5)11-16(3,4)10-17/h6-8,12,15H,9-11,17H2,1-5H3,(H,18,20). The summed E-state index contributed by atoms with van der Waals surface area (Å²) in [6.45, 7) is 10.3. The average molecular weight is 311 g/mol. The highest BCUT2D eigenvalue weighted by Gasteiger charge is 2.22. The normalized spacial score (nSPS) is 13.7. The Morgan fingerprint density at radius 3 is 2.62 bits per heavy atom. The number of nitrogens with one attached hydrogen (secondary N) is 1. The van der Waals surface area contributed by atoms with Crippen molar-refractivity contribution in [2.45, 2.75) is 33.7 Å². The molecule has 1 atom stereocenters. The summed E-state index contributed by atoms with van der Waals surface area (Å²) < 4.78 is 0. The van der Waals surface area contributed by atoms with E-state index in [-0.39, 0.29) is 17.4 Å². The Bertz CT molecular complexity index is 429. The molecule has 0 aliphatic carbocycles. The fourth-order valence-electron chi connectivity index (χ4n) is 2.35. The molecule has 1 aromatic rings. The van der Waals surface area contributed by atoms with Crippen molar-refractivity contribution >= 4 is 17.2 Å². The first-order chi connectivity index (χ1) is 9.75. The number of likely N-dealkylation sites (N-methyl/N-ethyl adjacent to an activating group) is 1. The van der Waals surface area contributed by atoms with Crippen molar-refractivity contribution in [3.8, 4) is 0 Å². The van der Waals surface area contributed by atoms with E-state index < -0.39 is 0 Å². The quantitative estimate of drug-likeness (QED) is 0.775. The molecule has 0 saturated heterocycles. The monoisotopic (exact) mass is 311 g/mol. The maximum absolute atomic E-state index is 12.3. The van der Waals surface area contributed by atoms with Crippen molar-refractivity contribution in [3.05, 3.63) is 22.4 Å². The van der Waals surface area contributed by atoms with Gasteiger partial charge in [-0.1, -0.05) is 33.8 Å². The van der Waals surface area contributed by atoms with Crippen LogP contribution in [-0.4, -0.2) is 37.5 Å². The van der Waals surface area contributed by atoms with E-state index >= 15 is 0 Å². The van der Waals surface area contributed by atoms with Crippen LogP contribution in [0.5, 0.6) is 0 Å². The van der Waals surface area contributed by atoms with Gasteiger partial charge < -0.3 is 11.1 Å². The van der Waals surface area contributed by atoms with Crippen LogP contribution in [0, 0.1) is 11.3 Å². The van der Waals surface area contributed by atoms with Crippen LogP contribution in [0.1, 0.15) is 38.6 Å². The lowest BCUT2D eigenvalue weighted by Gasteiger charge is -2.29. The predicted octanol–water partition coefficient (Wildman–Crippen LogP) is 2.48. The number of hydrogen-bond acceptors (Lipinski definition) is 4. The number of nitrogens with zero attached hydrogens (tertiary/aromatic N) is 1. The van der Waals surface area contributed by atoms with E-state index in [1.807, 2.05) is 23.4 Å². The molecule has 120 valence electrons. The number of nitrogens with two attached hydrogens (primary N) is 1. The van der Waals surface area contributed by atoms with E-state index in [0.29, 0.717) is 19.0 Å². The fraction of sp³-hybridized carbons (Fsp3) is 0.688. The van der Waals surface area contributed by atoms with Crippen LogP contribution < -0.4 is 11.1 Å². The number of carbonyl (C=O) groups is 1. The Kier molecular flexibility index (Phi) is 6.84. The van der Waals surface area contributed by atoms with Gasteiger partial charge in [-0.3, -0.25) is 9.69 Å². The number of carbonyl (C=O) groups excluding carboxylic acids is 1. The van der Waals surface area contributed by atoms with Gasteiger partial charge >= 0.3 is 0 Å². The van der Waals surface area contributed by atoms with Gasteiger partial charge in [-0.25, -0.2) is 0 Å². The molecule has 21 heavy (non-hydrogen) atoms. The van der Waals surface area contributed by atoms with Gasteiger partial charge in [-0.2, -0.15) is 0 Å². The zero-order chi connectivity index (χ0) is 16.0. The van der Waals surface area contributed by atoms with Crippen molar-refractivity contribution in [2.24, 2.45) is 17.1 Å². The summed E-state index contributed by atoms with van der Waals surface area (Å²) in [6, 6.07) is 4.20. The van der Waals surface area contributed by atoms with Gasteiger partial charge in [0.1, 0.15) is 0 Å². The summed E-state index contributed by atoms with van der Waals surface area (Å²) in [5.74, 6) is 0.441. The maximum Gasteiger partial charge on any atom is 0.234 e. The second-order valence-corrected chi connectivity index (χ2v) is 7.82. The first kappa shape index (κ1) is 18.1. The second kappa shape index (κ2) is 7.92. The molecule has 5 heteroatoms. The molecular formula is C16H29N3OS. The second-order valence-electron chi connectivity index (χ2n) is 6.85. The van der Waals surface area contributed by atoms with Crippen LogP contribution in [0.3, 0.4) is 0 Å². The summed E-state index contributed by atoms with van der Waals surface area (Å²) in [5.41, 5.74) is 5.77. The van der Waals surface area contributed by atoms with Gasteiger partial charge in [0.15, 0.2) is 0 Å². The number of thiophene rings is 1. The summed E-state index contributed by atoms with van der Waals surface area (Å²) in [5, 5.41) is 5.20. The highest BCUT2D eigenvalue weighted by molar-refractivity contribution is 7.10. The Morgan fingerprint density at radius 2 is 2.14 bits per heavy atom. The summed E-state index contributed by atoms with van der Waals surface area (Å²) >= 11 is 1.69. The van der Waals surface area contributed by atoms with Crippen molar-refractivity contribution in [3.63, 3.8) is 0 Å². The highest BCUT2D eigenvalue weighted by atomic mass is 32.1. The molecule has 1 heterocycles. The van der Waals surface area contributed by atoms with Crippen LogP contribution in [0.25, 0.3) is 0 Å². The molecular weight excluding hydrogens is 282 g/mol. The zero-order valence-electron chi connectivity index (χ0n) is 13.8. The van der Waals surface area contributed by atoms with Crippen LogP contribution in [0.4, 0.5) is 0 Å². The summed E-state index contributed by atoms with van der Waals surface area (Å²) in [6.07, 6.45) is 0. The predicted molar refractivity (Wildman–Crippen MR) is 90.4 cm³/mol. The van der Waals surface area contributed by atoms with E-state index in [1.54, 1.807) is 11.3 Å². The van der Waals surface area contributed by atoms with Gasteiger partial charge in [0.25, 0.3) is 0 Å². The first-order valence-electron chi connectivity index (χ1n) is 7.46. The number of rotatable bonds is 8. The van der Waals surface area contributed by atoms with E-state index in [2.05, 4.69) is 39.1 Å². The lowest BCUT2D eigenvalue weighted by Crippen LogP contribution is -2.43. The van der Waals surface area contributed by atoms with E-state index in [9.17, 15) is 4.79 Å². The van der Waals surface area contributed by atoms with Gasteiger partial charge in [0, 0.05) is 11.4 Å². The van der Waals surface area contributed by atoms with Crippen LogP contribution in [0.15, 0.2) is 17.5 Å². The van der Waals surface area contributed by atoms with Crippen molar-refractivity contribution < 1.29 is 4.79 Å². The maximum atomic E-state index is 12.3. The molecule has 0 spiro atoms. The number of amides is 1. The highest BCUT2D eigenvalue weighted by Crippen LogP contribution is 2.25. The topological polar surface area (TPSA) is 58.4 Å². The van der Waals surface area contributed by atoms with Gasteiger partial charge in [-0.15, -0.1) is 11.3 Å². The van der Waals surface area contributed by atoms with Crippen LogP contribution >= 0.6 is 11.3 Å². The Balaban J connectivity index is 2.55. The average Bonchev–Trinajstić information content (AvgIpc) is 2.88.